The lowest BCUT2D eigenvalue weighted by Gasteiger charge is -2.06. The molecular formula is C15H13FN4OS. The second-order valence-corrected chi connectivity index (χ2v) is 6.24. The Kier molecular flexibility index (Phi) is 2.97. The minimum atomic E-state index is -0.320. The molecule has 22 heavy (non-hydrogen) atoms. The van der Waals surface area contributed by atoms with E-state index in [4.69, 9.17) is 0 Å². The van der Waals surface area contributed by atoms with Crippen molar-refractivity contribution in [1.29, 1.82) is 0 Å². The zero-order valence-corrected chi connectivity index (χ0v) is 12.6. The van der Waals surface area contributed by atoms with Gasteiger partial charge in [-0.15, -0.1) is 0 Å². The summed E-state index contributed by atoms with van der Waals surface area (Å²) < 4.78 is 14.9. The van der Waals surface area contributed by atoms with Crippen molar-refractivity contribution < 1.29 is 9.18 Å². The Hall–Kier alpha value is -2.28. The molecule has 3 heterocycles. The van der Waals surface area contributed by atoms with Gasteiger partial charge >= 0.3 is 0 Å². The average Bonchev–Trinajstić information content (AvgIpc) is 3.15. The van der Waals surface area contributed by atoms with Crippen LogP contribution in [-0.4, -0.2) is 20.7 Å². The fourth-order valence-corrected chi connectivity index (χ4v) is 3.73. The first-order valence-corrected chi connectivity index (χ1v) is 7.99. The van der Waals surface area contributed by atoms with E-state index in [2.05, 4.69) is 15.4 Å². The van der Waals surface area contributed by atoms with E-state index < -0.39 is 0 Å². The monoisotopic (exact) mass is 316 g/mol. The van der Waals surface area contributed by atoms with Gasteiger partial charge in [-0.25, -0.2) is 4.39 Å². The second-order valence-electron chi connectivity index (χ2n) is 5.26. The van der Waals surface area contributed by atoms with Crippen LogP contribution in [0.25, 0.3) is 10.9 Å². The maximum Gasteiger partial charge on any atom is 0.273 e. The van der Waals surface area contributed by atoms with E-state index >= 15 is 0 Å². The Bertz CT molecular complexity index is 898. The maximum atomic E-state index is 13.2. The average molecular weight is 316 g/mol. The van der Waals surface area contributed by atoms with Crippen molar-refractivity contribution in [3.05, 3.63) is 47.0 Å². The van der Waals surface area contributed by atoms with E-state index in [9.17, 15) is 9.18 Å². The molecule has 1 aliphatic heterocycles. The van der Waals surface area contributed by atoms with Crippen molar-refractivity contribution in [2.24, 2.45) is 7.05 Å². The molecule has 1 aliphatic rings. The molecule has 0 fully saturated rings. The maximum absolute atomic E-state index is 13.2. The molecule has 0 saturated carbocycles. The predicted octanol–water partition coefficient (Wildman–Crippen LogP) is 3.04. The zero-order valence-electron chi connectivity index (χ0n) is 11.8. The highest BCUT2D eigenvalue weighted by Gasteiger charge is 2.23. The van der Waals surface area contributed by atoms with Gasteiger partial charge in [0.25, 0.3) is 5.91 Å². The van der Waals surface area contributed by atoms with Crippen LogP contribution in [0, 0.1) is 5.82 Å². The standard InChI is InChI=1S/C15H13FN4OS/c1-20-14(10-6-22-7-13(10)19-20)18-15(21)12-5-8-4-9(16)2-3-11(8)17-12/h2-5,17H,6-7H2,1H3,(H,18,21). The van der Waals surface area contributed by atoms with Gasteiger partial charge in [-0.3, -0.25) is 9.48 Å². The van der Waals surface area contributed by atoms with Crippen molar-refractivity contribution >= 4 is 34.4 Å². The van der Waals surface area contributed by atoms with E-state index in [-0.39, 0.29) is 11.7 Å². The fourth-order valence-electron chi connectivity index (χ4n) is 2.70. The van der Waals surface area contributed by atoms with Crippen LogP contribution < -0.4 is 5.32 Å². The number of benzene rings is 1. The summed E-state index contributed by atoms with van der Waals surface area (Å²) in [5, 5.41) is 8.00. The molecule has 7 heteroatoms. The van der Waals surface area contributed by atoms with Crippen LogP contribution in [0.1, 0.15) is 21.7 Å². The number of halogens is 1. The number of carbonyl (C=O) groups excluding carboxylic acids is 1. The SMILES string of the molecule is Cn1nc2c(c1NC(=O)c1cc3cc(F)ccc3[nH]1)CSC2. The number of nitrogens with zero attached hydrogens (tertiary/aromatic N) is 2. The Labute approximate surface area is 129 Å². The van der Waals surface area contributed by atoms with Gasteiger partial charge in [0.1, 0.15) is 17.3 Å². The second kappa shape index (κ2) is 4.88. The number of hydrogen-bond donors (Lipinski definition) is 2. The summed E-state index contributed by atoms with van der Waals surface area (Å²) in [7, 11) is 1.82. The molecule has 5 nitrogen and oxygen atoms in total. The van der Waals surface area contributed by atoms with Crippen molar-refractivity contribution in [2.75, 3.05) is 5.32 Å². The molecule has 4 rings (SSSR count). The van der Waals surface area contributed by atoms with Crippen LogP contribution in [0.15, 0.2) is 24.3 Å². The predicted molar refractivity (Wildman–Crippen MR) is 84.4 cm³/mol. The molecule has 1 amide bonds. The molecule has 0 radical (unpaired) electrons. The van der Waals surface area contributed by atoms with Crippen LogP contribution in [0.5, 0.6) is 0 Å². The molecule has 2 aromatic heterocycles. The van der Waals surface area contributed by atoms with Gasteiger partial charge in [-0.2, -0.15) is 16.9 Å². The number of hydrogen-bond acceptors (Lipinski definition) is 3. The highest BCUT2D eigenvalue weighted by atomic mass is 32.2. The van der Waals surface area contributed by atoms with Crippen LogP contribution >= 0.6 is 11.8 Å². The van der Waals surface area contributed by atoms with Gasteiger partial charge in [0.05, 0.1) is 5.69 Å². The largest absolute Gasteiger partial charge is 0.351 e. The summed E-state index contributed by atoms with van der Waals surface area (Å²) in [5.74, 6) is 1.90. The number of anilines is 1. The molecule has 0 spiro atoms. The molecule has 3 aromatic rings. The first-order chi connectivity index (χ1) is 10.6. The smallest absolute Gasteiger partial charge is 0.273 e. The number of nitrogens with one attached hydrogen (secondary N) is 2. The molecule has 0 atom stereocenters. The van der Waals surface area contributed by atoms with Gasteiger partial charge in [-0.05, 0) is 24.3 Å². The third-order valence-electron chi connectivity index (χ3n) is 3.77. The summed E-state index contributed by atoms with van der Waals surface area (Å²) in [6.45, 7) is 0. The summed E-state index contributed by atoms with van der Waals surface area (Å²) >= 11 is 1.78. The fraction of sp³-hybridized carbons (Fsp3) is 0.200. The zero-order chi connectivity index (χ0) is 15.3. The summed E-state index contributed by atoms with van der Waals surface area (Å²) in [6, 6.07) is 6.05. The summed E-state index contributed by atoms with van der Waals surface area (Å²) in [5.41, 5.74) is 3.25. The first-order valence-electron chi connectivity index (χ1n) is 6.84. The Morgan fingerprint density at radius 1 is 1.41 bits per heavy atom. The third kappa shape index (κ3) is 2.09. The van der Waals surface area contributed by atoms with Crippen molar-refractivity contribution in [1.82, 2.24) is 14.8 Å². The Balaban J connectivity index is 1.66. The van der Waals surface area contributed by atoms with E-state index in [1.54, 1.807) is 28.6 Å². The number of thioether (sulfide) groups is 1. The highest BCUT2D eigenvalue weighted by Crippen LogP contribution is 2.34. The lowest BCUT2D eigenvalue weighted by Crippen LogP contribution is -2.15. The quantitative estimate of drug-likeness (QED) is 0.764. The Morgan fingerprint density at radius 2 is 2.27 bits per heavy atom. The van der Waals surface area contributed by atoms with Gasteiger partial charge in [-0.1, -0.05) is 0 Å². The minimum Gasteiger partial charge on any atom is -0.351 e. The van der Waals surface area contributed by atoms with Gasteiger partial charge in [0.15, 0.2) is 0 Å². The topological polar surface area (TPSA) is 62.7 Å². The lowest BCUT2D eigenvalue weighted by atomic mass is 10.2. The van der Waals surface area contributed by atoms with Crippen LogP contribution in [-0.2, 0) is 18.6 Å². The van der Waals surface area contributed by atoms with Crippen molar-refractivity contribution in [2.45, 2.75) is 11.5 Å². The highest BCUT2D eigenvalue weighted by molar-refractivity contribution is 7.98. The number of aromatic nitrogens is 3. The van der Waals surface area contributed by atoms with E-state index in [1.807, 2.05) is 7.05 Å². The molecule has 0 saturated heterocycles. The number of amides is 1. The first kappa shape index (κ1) is 13.4. The molecule has 2 N–H and O–H groups in total. The summed E-state index contributed by atoms with van der Waals surface area (Å²) in [4.78, 5) is 15.4. The molecule has 0 aliphatic carbocycles. The van der Waals surface area contributed by atoms with Gasteiger partial charge < -0.3 is 10.3 Å². The summed E-state index contributed by atoms with van der Waals surface area (Å²) in [6.07, 6.45) is 0. The van der Waals surface area contributed by atoms with E-state index in [0.29, 0.717) is 11.1 Å². The molecule has 112 valence electrons. The van der Waals surface area contributed by atoms with Crippen LogP contribution in [0.4, 0.5) is 10.2 Å². The lowest BCUT2D eigenvalue weighted by molar-refractivity contribution is 0.102. The van der Waals surface area contributed by atoms with Gasteiger partial charge in [0.2, 0.25) is 0 Å². The van der Waals surface area contributed by atoms with E-state index in [0.717, 1.165) is 34.1 Å². The molecule has 0 bridgehead atoms. The molecule has 0 unspecified atom stereocenters. The molecular weight excluding hydrogens is 303 g/mol. The number of carbonyl (C=O) groups is 1. The third-order valence-corrected chi connectivity index (χ3v) is 4.74. The van der Waals surface area contributed by atoms with Gasteiger partial charge in [0, 0.05) is 35.0 Å². The Morgan fingerprint density at radius 3 is 3.14 bits per heavy atom. The van der Waals surface area contributed by atoms with Crippen molar-refractivity contribution in [3.63, 3.8) is 0 Å². The number of fused-ring (bicyclic) bond motifs is 2. The number of rotatable bonds is 2. The normalized spacial score (nSPS) is 13.5. The number of aromatic amines is 1. The number of aryl methyl sites for hydroxylation is 1. The van der Waals surface area contributed by atoms with Crippen LogP contribution in [0.3, 0.4) is 0 Å². The molecule has 1 aromatic carbocycles. The van der Waals surface area contributed by atoms with E-state index in [1.165, 1.54) is 12.1 Å². The van der Waals surface area contributed by atoms with Crippen LogP contribution in [0.2, 0.25) is 0 Å². The van der Waals surface area contributed by atoms with Crippen molar-refractivity contribution in [3.8, 4) is 0 Å². The number of H-pyrrole nitrogens is 1. The minimum absolute atomic E-state index is 0.251.